The van der Waals surface area contributed by atoms with Gasteiger partial charge in [-0.15, -0.1) is 0 Å². The molecule has 0 aromatic rings. The van der Waals surface area contributed by atoms with Gasteiger partial charge in [0, 0.05) is 26.6 Å². The molecule has 8 nitrogen and oxygen atoms in total. The highest BCUT2D eigenvalue weighted by atomic mass is 16.2. The molecule has 0 aromatic heterocycles. The summed E-state index contributed by atoms with van der Waals surface area (Å²) in [6.45, 7) is 0.665. The van der Waals surface area contributed by atoms with Gasteiger partial charge in [-0.25, -0.2) is 4.79 Å². The number of rotatable bonds is 2. The molecule has 0 bridgehead atoms. The topological polar surface area (TPSA) is 98.8 Å². The molecule has 8 heteroatoms. The molecule has 2 aliphatic heterocycles. The quantitative estimate of drug-likeness (QED) is 0.684. The van der Waals surface area contributed by atoms with Crippen LogP contribution in [0.1, 0.15) is 38.5 Å². The standard InChI is InChI=1S/C16H24N4O4/c1-19(11-4-3-9-17-12(11)21)13(22)10-5-7-16(8-6-10)14(23)20(2)15(24)18-16/h10-11H,3-9H2,1-2H3,(H,17,21)(H,18,24). The summed E-state index contributed by atoms with van der Waals surface area (Å²) in [5.41, 5.74) is -0.844. The highest BCUT2D eigenvalue weighted by molar-refractivity contribution is 6.06. The van der Waals surface area contributed by atoms with Crippen LogP contribution >= 0.6 is 0 Å². The smallest absolute Gasteiger partial charge is 0.324 e. The van der Waals surface area contributed by atoms with Crippen LogP contribution in [0.2, 0.25) is 0 Å². The largest absolute Gasteiger partial charge is 0.354 e. The lowest BCUT2D eigenvalue weighted by atomic mass is 9.76. The Bertz CT molecular complexity index is 583. The lowest BCUT2D eigenvalue weighted by Gasteiger charge is -2.37. The van der Waals surface area contributed by atoms with E-state index in [9.17, 15) is 19.2 Å². The molecule has 1 unspecified atom stereocenters. The third-order valence-electron chi connectivity index (χ3n) is 5.62. The molecular formula is C16H24N4O4. The van der Waals surface area contributed by atoms with Gasteiger partial charge in [-0.1, -0.05) is 0 Å². The van der Waals surface area contributed by atoms with E-state index < -0.39 is 11.6 Å². The van der Waals surface area contributed by atoms with Gasteiger partial charge >= 0.3 is 6.03 Å². The van der Waals surface area contributed by atoms with Crippen LogP contribution < -0.4 is 10.6 Å². The molecule has 24 heavy (non-hydrogen) atoms. The van der Waals surface area contributed by atoms with E-state index in [0.717, 1.165) is 11.3 Å². The maximum atomic E-state index is 12.7. The van der Waals surface area contributed by atoms with Crippen molar-refractivity contribution in [2.45, 2.75) is 50.1 Å². The Kier molecular flexibility index (Phi) is 4.23. The molecular weight excluding hydrogens is 312 g/mol. The van der Waals surface area contributed by atoms with Gasteiger partial charge in [0.25, 0.3) is 5.91 Å². The summed E-state index contributed by atoms with van der Waals surface area (Å²) in [5.74, 6) is -0.550. The van der Waals surface area contributed by atoms with Gasteiger partial charge in [-0.2, -0.15) is 0 Å². The fourth-order valence-corrected chi connectivity index (χ4v) is 4.02. The van der Waals surface area contributed by atoms with Crippen molar-refractivity contribution in [3.63, 3.8) is 0 Å². The first-order valence-electron chi connectivity index (χ1n) is 8.50. The molecule has 3 aliphatic rings. The predicted octanol–water partition coefficient (Wildman–Crippen LogP) is -0.166. The van der Waals surface area contributed by atoms with Gasteiger partial charge in [-0.05, 0) is 38.5 Å². The molecule has 0 aromatic carbocycles. The first-order valence-corrected chi connectivity index (χ1v) is 8.50. The van der Waals surface area contributed by atoms with Crippen molar-refractivity contribution < 1.29 is 19.2 Å². The Hall–Kier alpha value is -2.12. The molecule has 1 saturated carbocycles. The second kappa shape index (κ2) is 6.07. The fraction of sp³-hybridized carbons (Fsp3) is 0.750. The Morgan fingerprint density at radius 3 is 2.42 bits per heavy atom. The number of hydrogen-bond acceptors (Lipinski definition) is 4. The molecule has 1 aliphatic carbocycles. The number of likely N-dealkylation sites (N-methyl/N-ethyl adjacent to an activating group) is 2. The summed E-state index contributed by atoms with van der Waals surface area (Å²) in [7, 11) is 3.15. The number of carbonyl (C=O) groups is 4. The van der Waals surface area contributed by atoms with Gasteiger partial charge in [0.15, 0.2) is 0 Å². The number of piperidine rings is 1. The molecule has 1 spiro atoms. The molecule has 3 fully saturated rings. The maximum Gasteiger partial charge on any atom is 0.324 e. The van der Waals surface area contributed by atoms with Crippen LogP contribution in [0, 0.1) is 5.92 Å². The summed E-state index contributed by atoms with van der Waals surface area (Å²) >= 11 is 0. The molecule has 2 saturated heterocycles. The number of imide groups is 1. The molecule has 0 radical (unpaired) electrons. The number of carbonyl (C=O) groups excluding carboxylic acids is 4. The Balaban J connectivity index is 1.62. The van der Waals surface area contributed by atoms with Crippen molar-refractivity contribution in [2.24, 2.45) is 5.92 Å². The normalized spacial score (nSPS) is 33.4. The zero-order chi connectivity index (χ0) is 17.5. The Labute approximate surface area is 140 Å². The van der Waals surface area contributed by atoms with E-state index in [1.54, 1.807) is 11.9 Å². The van der Waals surface area contributed by atoms with E-state index in [2.05, 4.69) is 10.6 Å². The summed E-state index contributed by atoms with van der Waals surface area (Å²) in [6, 6.07) is -0.776. The molecule has 1 atom stereocenters. The first-order chi connectivity index (χ1) is 11.4. The third-order valence-corrected chi connectivity index (χ3v) is 5.62. The highest BCUT2D eigenvalue weighted by Crippen LogP contribution is 2.37. The van der Waals surface area contributed by atoms with E-state index in [1.807, 2.05) is 0 Å². The molecule has 3 rings (SSSR count). The zero-order valence-electron chi connectivity index (χ0n) is 14.1. The monoisotopic (exact) mass is 336 g/mol. The zero-order valence-corrected chi connectivity index (χ0v) is 14.1. The average Bonchev–Trinajstić information content (AvgIpc) is 2.79. The third kappa shape index (κ3) is 2.63. The van der Waals surface area contributed by atoms with Crippen LogP contribution in [-0.2, 0) is 14.4 Å². The minimum Gasteiger partial charge on any atom is -0.354 e. The van der Waals surface area contributed by atoms with Gasteiger partial charge in [-0.3, -0.25) is 19.3 Å². The van der Waals surface area contributed by atoms with Gasteiger partial charge in [0.05, 0.1) is 0 Å². The van der Waals surface area contributed by atoms with Crippen LogP contribution in [0.25, 0.3) is 0 Å². The van der Waals surface area contributed by atoms with Crippen LogP contribution in [0.15, 0.2) is 0 Å². The molecule has 2 heterocycles. The molecule has 2 N–H and O–H groups in total. The minimum atomic E-state index is -0.844. The highest BCUT2D eigenvalue weighted by Gasteiger charge is 2.52. The summed E-state index contributed by atoms with van der Waals surface area (Å²) in [6.07, 6.45) is 3.56. The van der Waals surface area contributed by atoms with E-state index in [1.165, 1.54) is 7.05 Å². The first kappa shape index (κ1) is 16.7. The van der Waals surface area contributed by atoms with E-state index in [0.29, 0.717) is 38.6 Å². The van der Waals surface area contributed by atoms with Crippen LogP contribution in [0.4, 0.5) is 4.79 Å². The van der Waals surface area contributed by atoms with Gasteiger partial charge < -0.3 is 15.5 Å². The number of nitrogens with zero attached hydrogens (tertiary/aromatic N) is 2. The minimum absolute atomic E-state index is 0.0444. The summed E-state index contributed by atoms with van der Waals surface area (Å²) in [5, 5.41) is 5.57. The number of urea groups is 1. The van der Waals surface area contributed by atoms with Gasteiger partial charge in [0.1, 0.15) is 11.6 Å². The van der Waals surface area contributed by atoms with Crippen molar-refractivity contribution in [1.82, 2.24) is 20.4 Å². The van der Waals surface area contributed by atoms with Gasteiger partial charge in [0.2, 0.25) is 11.8 Å². The lowest BCUT2D eigenvalue weighted by Crippen LogP contribution is -2.54. The van der Waals surface area contributed by atoms with Crippen LogP contribution in [-0.4, -0.2) is 65.8 Å². The number of nitrogens with one attached hydrogen (secondary N) is 2. The van der Waals surface area contributed by atoms with E-state index in [4.69, 9.17) is 0 Å². The van der Waals surface area contributed by atoms with E-state index in [-0.39, 0.29) is 29.7 Å². The van der Waals surface area contributed by atoms with Crippen molar-refractivity contribution in [2.75, 3.05) is 20.6 Å². The Morgan fingerprint density at radius 2 is 1.88 bits per heavy atom. The summed E-state index contributed by atoms with van der Waals surface area (Å²) < 4.78 is 0. The van der Waals surface area contributed by atoms with Crippen molar-refractivity contribution in [3.8, 4) is 0 Å². The molecule has 5 amide bonds. The average molecular weight is 336 g/mol. The lowest BCUT2D eigenvalue weighted by molar-refractivity contribution is -0.145. The predicted molar refractivity (Wildman–Crippen MR) is 84.8 cm³/mol. The second-order valence-electron chi connectivity index (χ2n) is 7.05. The van der Waals surface area contributed by atoms with E-state index >= 15 is 0 Å². The van der Waals surface area contributed by atoms with Crippen molar-refractivity contribution in [1.29, 1.82) is 0 Å². The van der Waals surface area contributed by atoms with Crippen LogP contribution in [0.5, 0.6) is 0 Å². The van der Waals surface area contributed by atoms with Crippen molar-refractivity contribution in [3.05, 3.63) is 0 Å². The maximum absolute atomic E-state index is 12.7. The van der Waals surface area contributed by atoms with Crippen LogP contribution in [0.3, 0.4) is 0 Å². The molecule has 132 valence electrons. The fourth-order valence-electron chi connectivity index (χ4n) is 4.02. The number of hydrogen-bond donors (Lipinski definition) is 2. The second-order valence-corrected chi connectivity index (χ2v) is 7.05. The summed E-state index contributed by atoms with van der Waals surface area (Å²) in [4.78, 5) is 51.3. The van der Waals surface area contributed by atoms with Crippen molar-refractivity contribution >= 4 is 23.8 Å². The Morgan fingerprint density at radius 1 is 1.21 bits per heavy atom. The SMILES string of the molecule is CN1C(=O)NC2(CCC(C(=O)N(C)C3CCCNC3=O)CC2)C1=O. The number of amides is 5.